The molecule has 0 atom stereocenters. The van der Waals surface area contributed by atoms with Gasteiger partial charge in [0.15, 0.2) is 0 Å². The van der Waals surface area contributed by atoms with E-state index in [0.717, 1.165) is 5.57 Å². The van der Waals surface area contributed by atoms with Crippen LogP contribution in [0.25, 0.3) is 0 Å². The predicted octanol–water partition coefficient (Wildman–Crippen LogP) is -0.729. The van der Waals surface area contributed by atoms with Gasteiger partial charge in [0.2, 0.25) is 5.91 Å². The summed E-state index contributed by atoms with van der Waals surface area (Å²) in [5.41, 5.74) is 0.762. The highest BCUT2D eigenvalue weighted by molar-refractivity contribution is 6.01. The smallest absolute Gasteiger partial charge is 0.292 e. The van der Waals surface area contributed by atoms with Crippen molar-refractivity contribution in [2.45, 2.75) is 6.42 Å². The topological polar surface area (TPSA) is 43.2 Å². The van der Waals surface area contributed by atoms with Gasteiger partial charge in [0.05, 0.1) is 6.42 Å². The largest absolute Gasteiger partial charge is 0.355 e. The highest BCUT2D eigenvalue weighted by Crippen LogP contribution is 1.97. The molecule has 0 aliphatic carbocycles. The normalized spacial score (nSPS) is 14.7. The van der Waals surface area contributed by atoms with Gasteiger partial charge >= 0.3 is 0 Å². The fourth-order valence-electron chi connectivity index (χ4n) is 0.742. The van der Waals surface area contributed by atoms with Gasteiger partial charge in [-0.2, -0.15) is 0 Å². The number of carbonyl (C=O) groups is 1. The van der Waals surface area contributed by atoms with Gasteiger partial charge in [-0.05, 0) is 0 Å². The second-order valence-electron chi connectivity index (χ2n) is 1.96. The van der Waals surface area contributed by atoms with Crippen molar-refractivity contribution in [1.29, 1.82) is 0 Å². The Bertz CT molecular complexity index is 234. The van der Waals surface area contributed by atoms with Crippen LogP contribution in [-0.4, -0.2) is 25.4 Å². The van der Waals surface area contributed by atoms with Crippen LogP contribution in [-0.2, 0) is 4.79 Å². The number of rotatable bonds is 1. The van der Waals surface area contributed by atoms with Gasteiger partial charge in [-0.3, -0.25) is 4.79 Å². The summed E-state index contributed by atoms with van der Waals surface area (Å²) in [6, 6.07) is 0. The van der Waals surface area contributed by atoms with E-state index in [2.05, 4.69) is 9.98 Å². The summed E-state index contributed by atoms with van der Waals surface area (Å²) in [6.07, 6.45) is 5.69. The number of hydrogen-bond donors (Lipinski definition) is 1. The Morgan fingerprint density at radius 1 is 1.80 bits per heavy atom. The molecule has 1 N–H and O–H groups in total. The van der Waals surface area contributed by atoms with Gasteiger partial charge in [0.1, 0.15) is 0 Å². The fourth-order valence-corrected chi connectivity index (χ4v) is 0.742. The molecule has 0 bridgehead atoms. The maximum atomic E-state index is 10.9. The van der Waals surface area contributed by atoms with Crippen molar-refractivity contribution in [3.8, 4) is 0 Å². The number of nitrogens with one attached hydrogen (secondary N) is 1. The highest BCUT2D eigenvalue weighted by atomic mass is 16.1. The highest BCUT2D eigenvalue weighted by Gasteiger charge is 2.09. The predicted molar refractivity (Wildman–Crippen MR) is 41.0 cm³/mol. The molecule has 0 saturated heterocycles. The Hall–Kier alpha value is -1.34. The zero-order valence-electron chi connectivity index (χ0n) is 5.79. The van der Waals surface area contributed by atoms with Crippen molar-refractivity contribution in [2.24, 2.45) is 0 Å². The van der Waals surface area contributed by atoms with E-state index in [0.29, 0.717) is 6.42 Å². The first-order chi connectivity index (χ1) is 4.84. The molecule has 10 heavy (non-hydrogen) atoms. The number of allylic oxidation sites excluding steroid dienone is 1. The SMILES string of the molecule is CNC(=O)C1=CC=[N+]=CC1. The van der Waals surface area contributed by atoms with Crippen LogP contribution in [0.3, 0.4) is 0 Å². The van der Waals surface area contributed by atoms with Gasteiger partial charge in [0, 0.05) is 18.7 Å². The lowest BCUT2D eigenvalue weighted by molar-refractivity contribution is -0.117. The van der Waals surface area contributed by atoms with E-state index in [4.69, 9.17) is 0 Å². The van der Waals surface area contributed by atoms with E-state index in [1.54, 1.807) is 25.6 Å². The molecule has 3 nitrogen and oxygen atoms in total. The van der Waals surface area contributed by atoms with Gasteiger partial charge in [-0.15, -0.1) is 4.67 Å². The zero-order valence-corrected chi connectivity index (χ0v) is 5.79. The van der Waals surface area contributed by atoms with Crippen molar-refractivity contribution >= 4 is 18.3 Å². The third kappa shape index (κ3) is 1.33. The molecule has 1 heterocycles. The minimum absolute atomic E-state index is 0.0256. The average molecular weight is 137 g/mol. The molecule has 1 rings (SSSR count). The summed E-state index contributed by atoms with van der Waals surface area (Å²) >= 11 is 0. The van der Waals surface area contributed by atoms with Crippen LogP contribution in [0.15, 0.2) is 11.6 Å². The molecule has 0 radical (unpaired) electrons. The van der Waals surface area contributed by atoms with Gasteiger partial charge in [-0.1, -0.05) is 0 Å². The molecule has 1 aliphatic heterocycles. The molecule has 0 aromatic heterocycles. The average Bonchev–Trinajstić information content (AvgIpc) is 2.05. The zero-order chi connectivity index (χ0) is 7.40. The van der Waals surface area contributed by atoms with E-state index in [1.807, 2.05) is 0 Å². The number of amides is 1. The first kappa shape index (κ1) is 6.78. The summed E-state index contributed by atoms with van der Waals surface area (Å²) in [5, 5.41) is 2.55. The Morgan fingerprint density at radius 3 is 3.10 bits per heavy atom. The van der Waals surface area contributed by atoms with Crippen molar-refractivity contribution < 1.29 is 4.79 Å². The van der Waals surface area contributed by atoms with E-state index < -0.39 is 0 Å². The minimum Gasteiger partial charge on any atom is -0.355 e. The van der Waals surface area contributed by atoms with Crippen LogP contribution in [0, 0.1) is 0 Å². The Morgan fingerprint density at radius 2 is 2.60 bits per heavy atom. The summed E-state index contributed by atoms with van der Waals surface area (Å²) in [6.45, 7) is 0. The fraction of sp³-hybridized carbons (Fsp3) is 0.286. The maximum absolute atomic E-state index is 10.9. The van der Waals surface area contributed by atoms with Crippen molar-refractivity contribution in [2.75, 3.05) is 7.05 Å². The maximum Gasteiger partial charge on any atom is 0.292 e. The third-order valence-electron chi connectivity index (χ3n) is 1.30. The second kappa shape index (κ2) is 2.99. The molecule has 3 heteroatoms. The van der Waals surface area contributed by atoms with Gasteiger partial charge < -0.3 is 5.32 Å². The first-order valence-electron chi connectivity index (χ1n) is 3.10. The quantitative estimate of drug-likeness (QED) is 0.476. The molecular formula is C7H9N2O+. The van der Waals surface area contributed by atoms with E-state index in [9.17, 15) is 4.79 Å². The van der Waals surface area contributed by atoms with E-state index in [-0.39, 0.29) is 5.91 Å². The minimum atomic E-state index is -0.0256. The van der Waals surface area contributed by atoms with Crippen molar-refractivity contribution in [1.82, 2.24) is 9.98 Å². The second-order valence-corrected chi connectivity index (χ2v) is 1.96. The van der Waals surface area contributed by atoms with Crippen LogP contribution in [0.4, 0.5) is 0 Å². The van der Waals surface area contributed by atoms with Crippen molar-refractivity contribution in [3.63, 3.8) is 0 Å². The third-order valence-corrected chi connectivity index (χ3v) is 1.30. The number of likely N-dealkylation sites (N-methyl/N-ethyl adjacent to an activating group) is 1. The van der Waals surface area contributed by atoms with Gasteiger partial charge in [-0.25, -0.2) is 0 Å². The Balaban J connectivity index is 2.68. The number of carbonyl (C=O) groups excluding carboxylic acids is 1. The molecule has 0 spiro atoms. The molecule has 0 saturated carbocycles. The molecule has 52 valence electrons. The number of hydrogen-bond acceptors (Lipinski definition) is 1. The van der Waals surface area contributed by atoms with Gasteiger partial charge in [0.25, 0.3) is 12.4 Å². The number of nitrogens with zero attached hydrogens (tertiary/aromatic N) is 1. The summed E-state index contributed by atoms with van der Waals surface area (Å²) in [4.78, 5) is 10.9. The molecule has 1 amide bonds. The van der Waals surface area contributed by atoms with E-state index in [1.165, 1.54) is 0 Å². The lowest BCUT2D eigenvalue weighted by Gasteiger charge is -1.97. The molecule has 0 aromatic rings. The first-order valence-corrected chi connectivity index (χ1v) is 3.10. The summed E-state index contributed by atoms with van der Waals surface area (Å²) < 4.78 is 3.84. The summed E-state index contributed by atoms with van der Waals surface area (Å²) in [5.74, 6) is -0.0256. The lowest BCUT2D eigenvalue weighted by Crippen LogP contribution is -2.21. The van der Waals surface area contributed by atoms with Crippen molar-refractivity contribution in [3.05, 3.63) is 11.6 Å². The van der Waals surface area contributed by atoms with Crippen LogP contribution >= 0.6 is 0 Å². The van der Waals surface area contributed by atoms with Crippen LogP contribution < -0.4 is 9.98 Å². The summed E-state index contributed by atoms with van der Waals surface area (Å²) in [7, 11) is 1.62. The molecule has 0 aromatic carbocycles. The Labute approximate surface area is 59.2 Å². The van der Waals surface area contributed by atoms with Crippen LogP contribution in [0.5, 0.6) is 0 Å². The molecule has 0 fully saturated rings. The monoisotopic (exact) mass is 137 g/mol. The van der Waals surface area contributed by atoms with E-state index >= 15 is 0 Å². The standard InChI is InChI=1S/C7H8N2O/c1-8-7(10)6-2-4-9-5-3-6/h2,4-5H,3H2,1H3/p+1. The Kier molecular flexibility index (Phi) is 2.03. The molecule has 0 unspecified atom stereocenters. The molecule has 1 aliphatic rings. The van der Waals surface area contributed by atoms with Crippen LogP contribution in [0.1, 0.15) is 6.42 Å². The molecular weight excluding hydrogens is 128 g/mol. The lowest BCUT2D eigenvalue weighted by atomic mass is 10.1. The van der Waals surface area contributed by atoms with Crippen LogP contribution in [0.2, 0.25) is 0 Å².